The van der Waals surface area contributed by atoms with Gasteiger partial charge in [-0.25, -0.2) is 0 Å². The largest absolute Gasteiger partial charge is 0.481 e. The van der Waals surface area contributed by atoms with E-state index >= 15 is 0 Å². The minimum atomic E-state index is -0.919. The minimum absolute atomic E-state index is 0.226. The lowest BCUT2D eigenvalue weighted by Crippen LogP contribution is -2.24. The molecule has 0 aromatic heterocycles. The average Bonchev–Trinajstić information content (AvgIpc) is 2.51. The molecule has 0 aliphatic carbocycles. The molecule has 0 rings (SSSR count). The molecule has 0 heterocycles. The first-order valence-corrected chi connectivity index (χ1v) is 8.91. The molecule has 0 amide bonds. The van der Waals surface area contributed by atoms with Crippen molar-refractivity contribution in [2.45, 2.75) is 95.9 Å². The van der Waals surface area contributed by atoms with Crippen molar-refractivity contribution in [2.75, 3.05) is 0 Å². The van der Waals surface area contributed by atoms with E-state index in [4.69, 9.17) is 5.11 Å². The second kappa shape index (κ2) is 14.7. The van der Waals surface area contributed by atoms with Crippen LogP contribution < -0.4 is 0 Å². The van der Waals surface area contributed by atoms with Crippen LogP contribution in [0.3, 0.4) is 0 Å². The highest BCUT2D eigenvalue weighted by Crippen LogP contribution is 2.11. The Balaban J connectivity index is 3.66. The van der Waals surface area contributed by atoms with E-state index < -0.39 is 24.3 Å². The fraction of sp³-hybridized carbons (Fsp3) is 0.833. The summed E-state index contributed by atoms with van der Waals surface area (Å²) in [5.41, 5.74) is 0. The third kappa shape index (κ3) is 14.4. The zero-order valence-corrected chi connectivity index (χ0v) is 14.4. The first-order chi connectivity index (χ1) is 11.0. The van der Waals surface area contributed by atoms with E-state index in [2.05, 4.69) is 6.92 Å². The zero-order valence-electron chi connectivity index (χ0n) is 14.4. The van der Waals surface area contributed by atoms with Crippen molar-refractivity contribution in [3.05, 3.63) is 12.2 Å². The third-order valence-electron chi connectivity index (χ3n) is 3.92. The number of hydrogen-bond acceptors (Lipinski definition) is 4. The summed E-state index contributed by atoms with van der Waals surface area (Å²) in [6, 6.07) is 0. The summed E-state index contributed by atoms with van der Waals surface area (Å²) in [5.74, 6) is -0.749. The Labute approximate surface area is 140 Å². The lowest BCUT2D eigenvalue weighted by molar-refractivity contribution is -0.137. The summed E-state index contributed by atoms with van der Waals surface area (Å²) >= 11 is 0. The Kier molecular flexibility index (Phi) is 14.1. The molecular formula is C18H34O5. The normalized spacial score (nSPS) is 15.7. The molecule has 136 valence electrons. The predicted molar refractivity (Wildman–Crippen MR) is 91.3 cm³/mol. The number of aliphatic hydroxyl groups excluding tert-OH is 3. The van der Waals surface area contributed by atoms with Gasteiger partial charge in [0.25, 0.3) is 0 Å². The molecule has 0 fully saturated rings. The van der Waals surface area contributed by atoms with Crippen LogP contribution >= 0.6 is 0 Å². The topological polar surface area (TPSA) is 98.0 Å². The standard InChI is InChI=1S/C18H34O5/c1-2-3-7-11-16(20)17(21)14-13-15(19)10-8-5-4-6-9-12-18(22)23/h13-17,19-21H,2-12H2,1H3,(H,22,23)/b14-13+/t15-,16-,17+/m1/s1. The van der Waals surface area contributed by atoms with Gasteiger partial charge in [0, 0.05) is 6.42 Å². The highest BCUT2D eigenvalue weighted by molar-refractivity contribution is 5.66. The summed E-state index contributed by atoms with van der Waals surface area (Å²) in [4.78, 5) is 10.3. The summed E-state index contributed by atoms with van der Waals surface area (Å²) in [7, 11) is 0. The molecule has 3 atom stereocenters. The Bertz CT molecular complexity index is 317. The highest BCUT2D eigenvalue weighted by Gasteiger charge is 2.12. The molecule has 4 N–H and O–H groups in total. The molecule has 0 aliphatic heterocycles. The van der Waals surface area contributed by atoms with Crippen LogP contribution in [0.4, 0.5) is 0 Å². The maximum Gasteiger partial charge on any atom is 0.303 e. The number of unbranched alkanes of at least 4 members (excludes halogenated alkanes) is 6. The van der Waals surface area contributed by atoms with Gasteiger partial charge in [-0.15, -0.1) is 0 Å². The van der Waals surface area contributed by atoms with Gasteiger partial charge in [-0.2, -0.15) is 0 Å². The number of aliphatic carboxylic acids is 1. The van der Waals surface area contributed by atoms with Crippen LogP contribution in [0.2, 0.25) is 0 Å². The van der Waals surface area contributed by atoms with E-state index in [0.717, 1.165) is 44.9 Å². The van der Waals surface area contributed by atoms with Gasteiger partial charge >= 0.3 is 5.97 Å². The lowest BCUT2D eigenvalue weighted by Gasteiger charge is -2.14. The van der Waals surface area contributed by atoms with Gasteiger partial charge in [0.15, 0.2) is 0 Å². The molecule has 0 aromatic rings. The molecule has 0 bridgehead atoms. The quantitative estimate of drug-likeness (QED) is 0.273. The van der Waals surface area contributed by atoms with Crippen LogP contribution in [0.15, 0.2) is 12.2 Å². The first-order valence-electron chi connectivity index (χ1n) is 8.91. The van der Waals surface area contributed by atoms with Crippen molar-refractivity contribution in [1.29, 1.82) is 0 Å². The Morgan fingerprint density at radius 2 is 1.48 bits per heavy atom. The molecule has 5 nitrogen and oxygen atoms in total. The van der Waals surface area contributed by atoms with Crippen LogP contribution in [0.25, 0.3) is 0 Å². The fourth-order valence-corrected chi connectivity index (χ4v) is 2.40. The van der Waals surface area contributed by atoms with Gasteiger partial charge in [-0.3, -0.25) is 4.79 Å². The lowest BCUT2D eigenvalue weighted by atomic mass is 10.0. The van der Waals surface area contributed by atoms with Crippen molar-refractivity contribution >= 4 is 5.97 Å². The molecule has 0 radical (unpaired) electrons. The number of aliphatic hydroxyl groups is 3. The molecule has 0 aliphatic rings. The fourth-order valence-electron chi connectivity index (χ4n) is 2.40. The van der Waals surface area contributed by atoms with Gasteiger partial charge in [0.2, 0.25) is 0 Å². The number of carbonyl (C=O) groups is 1. The van der Waals surface area contributed by atoms with Gasteiger partial charge in [0.05, 0.1) is 18.3 Å². The second-order valence-corrected chi connectivity index (χ2v) is 6.21. The predicted octanol–water partition coefficient (Wildman–Crippen LogP) is 3.02. The number of carboxylic acids is 1. The molecule has 0 aromatic carbocycles. The van der Waals surface area contributed by atoms with E-state index in [-0.39, 0.29) is 6.42 Å². The van der Waals surface area contributed by atoms with E-state index in [1.54, 1.807) is 6.08 Å². The van der Waals surface area contributed by atoms with Gasteiger partial charge in [-0.05, 0) is 19.3 Å². The summed E-state index contributed by atoms with van der Waals surface area (Å²) in [6.45, 7) is 2.09. The minimum Gasteiger partial charge on any atom is -0.481 e. The van der Waals surface area contributed by atoms with Gasteiger partial charge in [0.1, 0.15) is 0 Å². The average molecular weight is 330 g/mol. The third-order valence-corrected chi connectivity index (χ3v) is 3.92. The van der Waals surface area contributed by atoms with Crippen molar-refractivity contribution < 1.29 is 25.2 Å². The molecule has 0 saturated carbocycles. The summed E-state index contributed by atoms with van der Waals surface area (Å²) in [6.07, 6.45) is 9.60. The number of hydrogen-bond donors (Lipinski definition) is 4. The van der Waals surface area contributed by atoms with E-state index in [9.17, 15) is 20.1 Å². The SMILES string of the molecule is CCCCC[C@@H](O)[C@@H](O)/C=C/[C@H](O)CCCCCCCC(=O)O. The van der Waals surface area contributed by atoms with E-state index in [1.165, 1.54) is 6.08 Å². The Hall–Kier alpha value is -0.910. The maximum atomic E-state index is 10.3. The van der Waals surface area contributed by atoms with E-state index in [1.807, 2.05) is 0 Å². The Morgan fingerprint density at radius 1 is 0.870 bits per heavy atom. The summed E-state index contributed by atoms with van der Waals surface area (Å²) in [5, 5.41) is 37.9. The monoisotopic (exact) mass is 330 g/mol. The molecule has 5 heteroatoms. The molecular weight excluding hydrogens is 296 g/mol. The maximum absolute atomic E-state index is 10.3. The summed E-state index contributed by atoms with van der Waals surface area (Å²) < 4.78 is 0. The van der Waals surface area contributed by atoms with Gasteiger partial charge < -0.3 is 20.4 Å². The zero-order chi connectivity index (χ0) is 17.5. The van der Waals surface area contributed by atoms with Crippen LogP contribution in [0.1, 0.15) is 77.6 Å². The molecule has 23 heavy (non-hydrogen) atoms. The smallest absolute Gasteiger partial charge is 0.303 e. The van der Waals surface area contributed by atoms with Crippen molar-refractivity contribution in [1.82, 2.24) is 0 Å². The van der Waals surface area contributed by atoms with Crippen molar-refractivity contribution in [2.24, 2.45) is 0 Å². The molecule has 0 unspecified atom stereocenters. The highest BCUT2D eigenvalue weighted by atomic mass is 16.4. The number of carboxylic acid groups (broad SMARTS) is 1. The first kappa shape index (κ1) is 22.1. The van der Waals surface area contributed by atoms with Crippen LogP contribution in [0, 0.1) is 0 Å². The van der Waals surface area contributed by atoms with Crippen LogP contribution in [0.5, 0.6) is 0 Å². The van der Waals surface area contributed by atoms with Crippen molar-refractivity contribution in [3.8, 4) is 0 Å². The molecule has 0 spiro atoms. The van der Waals surface area contributed by atoms with Crippen molar-refractivity contribution in [3.63, 3.8) is 0 Å². The number of rotatable bonds is 15. The molecule has 0 saturated heterocycles. The second-order valence-electron chi connectivity index (χ2n) is 6.21. The Morgan fingerprint density at radius 3 is 2.13 bits per heavy atom. The van der Waals surface area contributed by atoms with Gasteiger partial charge in [-0.1, -0.05) is 64.0 Å². The van der Waals surface area contributed by atoms with Crippen LogP contribution in [-0.2, 0) is 4.79 Å². The van der Waals surface area contributed by atoms with E-state index in [0.29, 0.717) is 19.3 Å². The van der Waals surface area contributed by atoms with Crippen LogP contribution in [-0.4, -0.2) is 44.7 Å².